The van der Waals surface area contributed by atoms with Gasteiger partial charge in [0.25, 0.3) is 0 Å². The number of hydrogen-bond donors (Lipinski definition) is 1. The Hall–Kier alpha value is -3.78. The second-order valence-electron chi connectivity index (χ2n) is 6.82. The summed E-state index contributed by atoms with van der Waals surface area (Å²) in [6, 6.07) is 17.7. The lowest BCUT2D eigenvalue weighted by Crippen LogP contribution is -2.07. The second kappa shape index (κ2) is 8.53. The molecule has 3 aromatic heterocycles. The number of nitrogens with zero attached hydrogens (tertiary/aromatic N) is 4. The average molecular weight is 430 g/mol. The zero-order valence-corrected chi connectivity index (χ0v) is 17.6. The molecule has 0 saturated heterocycles. The van der Waals surface area contributed by atoms with Crippen LogP contribution in [0, 0.1) is 0 Å². The van der Waals surface area contributed by atoms with Crippen LogP contribution in [0.15, 0.2) is 70.7 Å². The van der Waals surface area contributed by atoms with Gasteiger partial charge < -0.3 is 14.5 Å². The standard InChI is InChI=1S/C23H19N5O2S/c1-29-17-9-7-15(8-10-17)18-13-31-23-20(18)21(25-14-26-23)24-12-11-19-27-28-22(30-19)16-5-3-2-4-6-16/h2-10,13-14H,11-12H2,1H3,(H,24,25,26). The van der Waals surface area contributed by atoms with E-state index in [-0.39, 0.29) is 0 Å². The maximum Gasteiger partial charge on any atom is 0.247 e. The highest BCUT2D eigenvalue weighted by molar-refractivity contribution is 7.17. The van der Waals surface area contributed by atoms with Crippen LogP contribution in [0.4, 0.5) is 5.82 Å². The Kier molecular flexibility index (Phi) is 5.28. The van der Waals surface area contributed by atoms with Crippen LogP contribution in [0.3, 0.4) is 0 Å². The third-order valence-electron chi connectivity index (χ3n) is 4.89. The topological polar surface area (TPSA) is 86.0 Å². The Morgan fingerprint density at radius 3 is 2.61 bits per heavy atom. The molecule has 0 spiro atoms. The number of hydrogen-bond acceptors (Lipinski definition) is 8. The van der Waals surface area contributed by atoms with Crippen molar-refractivity contribution in [1.82, 2.24) is 20.2 Å². The van der Waals surface area contributed by atoms with E-state index in [9.17, 15) is 0 Å². The molecule has 3 heterocycles. The largest absolute Gasteiger partial charge is 0.497 e. The lowest BCUT2D eigenvalue weighted by Gasteiger charge is -2.08. The summed E-state index contributed by atoms with van der Waals surface area (Å²) in [5.74, 6) is 2.73. The molecule has 0 aliphatic heterocycles. The maximum absolute atomic E-state index is 5.79. The summed E-state index contributed by atoms with van der Waals surface area (Å²) in [6.07, 6.45) is 2.17. The van der Waals surface area contributed by atoms with Crippen molar-refractivity contribution in [3.05, 3.63) is 72.2 Å². The number of nitrogens with one attached hydrogen (secondary N) is 1. The molecule has 8 heteroatoms. The van der Waals surface area contributed by atoms with Crippen LogP contribution in [0.5, 0.6) is 5.75 Å². The van der Waals surface area contributed by atoms with Crippen molar-refractivity contribution < 1.29 is 9.15 Å². The Balaban J connectivity index is 1.34. The number of anilines is 1. The molecular formula is C23H19N5O2S. The maximum atomic E-state index is 5.79. The fourth-order valence-electron chi connectivity index (χ4n) is 3.33. The Bertz CT molecular complexity index is 1300. The summed E-state index contributed by atoms with van der Waals surface area (Å²) in [4.78, 5) is 9.84. The van der Waals surface area contributed by atoms with E-state index in [0.717, 1.165) is 38.5 Å². The van der Waals surface area contributed by atoms with E-state index in [0.29, 0.717) is 24.7 Å². The number of aromatic nitrogens is 4. The molecule has 5 aromatic rings. The minimum atomic E-state index is 0.527. The molecule has 154 valence electrons. The summed E-state index contributed by atoms with van der Waals surface area (Å²) in [5.41, 5.74) is 3.10. The highest BCUT2D eigenvalue weighted by Crippen LogP contribution is 2.37. The second-order valence-corrected chi connectivity index (χ2v) is 7.68. The summed E-state index contributed by atoms with van der Waals surface area (Å²) in [5, 5.41) is 14.8. The molecule has 0 saturated carbocycles. The quantitative estimate of drug-likeness (QED) is 0.386. The first-order valence-corrected chi connectivity index (χ1v) is 10.7. The summed E-state index contributed by atoms with van der Waals surface area (Å²) in [6.45, 7) is 0.612. The minimum absolute atomic E-state index is 0.527. The van der Waals surface area contributed by atoms with Crippen molar-refractivity contribution >= 4 is 27.4 Å². The van der Waals surface area contributed by atoms with Gasteiger partial charge in [-0.15, -0.1) is 21.5 Å². The molecule has 0 atom stereocenters. The van der Waals surface area contributed by atoms with Gasteiger partial charge in [-0.1, -0.05) is 30.3 Å². The number of thiophene rings is 1. The molecule has 5 rings (SSSR count). The van der Waals surface area contributed by atoms with Gasteiger partial charge in [0.15, 0.2) is 0 Å². The number of ether oxygens (including phenoxy) is 1. The molecule has 0 aliphatic rings. The molecule has 7 nitrogen and oxygen atoms in total. The van der Waals surface area contributed by atoms with Crippen molar-refractivity contribution in [3.63, 3.8) is 0 Å². The van der Waals surface area contributed by atoms with Crippen LogP contribution in [-0.2, 0) is 6.42 Å². The van der Waals surface area contributed by atoms with Gasteiger partial charge in [-0.2, -0.15) is 0 Å². The van der Waals surface area contributed by atoms with Crippen LogP contribution >= 0.6 is 11.3 Å². The van der Waals surface area contributed by atoms with E-state index in [2.05, 4.69) is 30.9 Å². The lowest BCUT2D eigenvalue weighted by molar-refractivity contribution is 0.415. The monoisotopic (exact) mass is 429 g/mol. The van der Waals surface area contributed by atoms with Gasteiger partial charge in [-0.05, 0) is 29.8 Å². The smallest absolute Gasteiger partial charge is 0.247 e. The molecule has 0 bridgehead atoms. The van der Waals surface area contributed by atoms with Crippen molar-refractivity contribution in [1.29, 1.82) is 0 Å². The van der Waals surface area contributed by atoms with Gasteiger partial charge in [0.2, 0.25) is 11.8 Å². The number of benzene rings is 2. The van der Waals surface area contributed by atoms with Crippen LogP contribution in [0.2, 0.25) is 0 Å². The third-order valence-corrected chi connectivity index (χ3v) is 5.78. The van der Waals surface area contributed by atoms with Crippen LogP contribution < -0.4 is 10.1 Å². The van der Waals surface area contributed by atoms with Gasteiger partial charge in [0, 0.05) is 29.5 Å². The van der Waals surface area contributed by atoms with Crippen molar-refractivity contribution in [2.75, 3.05) is 19.0 Å². The van der Waals surface area contributed by atoms with Gasteiger partial charge in [0.1, 0.15) is 22.7 Å². The molecule has 0 aliphatic carbocycles. The van der Waals surface area contributed by atoms with E-state index in [1.165, 1.54) is 0 Å². The van der Waals surface area contributed by atoms with E-state index in [1.807, 2.05) is 54.6 Å². The third kappa shape index (κ3) is 3.97. The first-order chi connectivity index (χ1) is 15.3. The molecule has 31 heavy (non-hydrogen) atoms. The normalized spacial score (nSPS) is 11.0. The van der Waals surface area contributed by atoms with E-state index < -0.39 is 0 Å². The van der Waals surface area contributed by atoms with Gasteiger partial charge in [-0.3, -0.25) is 0 Å². The molecule has 0 amide bonds. The summed E-state index contributed by atoms with van der Waals surface area (Å²) in [7, 11) is 1.66. The van der Waals surface area contributed by atoms with Gasteiger partial charge in [0.05, 0.1) is 12.5 Å². The predicted octanol–water partition coefficient (Wildman–Crippen LogP) is 5.07. The molecule has 0 unspecified atom stereocenters. The first-order valence-electron chi connectivity index (χ1n) is 9.80. The predicted molar refractivity (Wildman–Crippen MR) is 121 cm³/mol. The highest BCUT2D eigenvalue weighted by Gasteiger charge is 2.14. The zero-order chi connectivity index (χ0) is 21.0. The van der Waals surface area contributed by atoms with Gasteiger partial charge >= 0.3 is 0 Å². The lowest BCUT2D eigenvalue weighted by atomic mass is 10.1. The van der Waals surface area contributed by atoms with Crippen LogP contribution in [-0.4, -0.2) is 33.8 Å². The van der Waals surface area contributed by atoms with Gasteiger partial charge in [-0.25, -0.2) is 9.97 Å². The molecular weight excluding hydrogens is 410 g/mol. The highest BCUT2D eigenvalue weighted by atomic mass is 32.1. The fourth-order valence-corrected chi connectivity index (χ4v) is 4.25. The number of methoxy groups -OCH3 is 1. The summed E-state index contributed by atoms with van der Waals surface area (Å²) >= 11 is 1.60. The molecule has 1 N–H and O–H groups in total. The van der Waals surface area contributed by atoms with Crippen LogP contribution in [0.1, 0.15) is 5.89 Å². The Morgan fingerprint density at radius 1 is 0.968 bits per heavy atom. The van der Waals surface area contributed by atoms with Crippen molar-refractivity contribution in [3.8, 4) is 28.3 Å². The fraction of sp³-hybridized carbons (Fsp3) is 0.130. The van der Waals surface area contributed by atoms with Crippen LogP contribution in [0.25, 0.3) is 32.8 Å². The van der Waals surface area contributed by atoms with E-state index >= 15 is 0 Å². The molecule has 0 radical (unpaired) electrons. The zero-order valence-electron chi connectivity index (χ0n) is 16.8. The van der Waals surface area contributed by atoms with Crippen molar-refractivity contribution in [2.45, 2.75) is 6.42 Å². The Morgan fingerprint density at radius 2 is 1.81 bits per heavy atom. The van der Waals surface area contributed by atoms with E-state index in [4.69, 9.17) is 9.15 Å². The SMILES string of the molecule is COc1ccc(-c2csc3ncnc(NCCc4nnc(-c5ccccc5)o4)c23)cc1. The summed E-state index contributed by atoms with van der Waals surface area (Å²) < 4.78 is 11.1. The molecule has 0 fully saturated rings. The minimum Gasteiger partial charge on any atom is -0.497 e. The van der Waals surface area contributed by atoms with E-state index in [1.54, 1.807) is 24.8 Å². The average Bonchev–Trinajstić information content (AvgIpc) is 3.48. The molecule has 2 aromatic carbocycles. The first kappa shape index (κ1) is 19.2. The number of fused-ring (bicyclic) bond motifs is 1. The van der Waals surface area contributed by atoms with Crippen molar-refractivity contribution in [2.24, 2.45) is 0 Å². The number of rotatable bonds is 7. The Labute approximate surface area is 182 Å².